The summed E-state index contributed by atoms with van der Waals surface area (Å²) in [4.78, 5) is 17.9. The van der Waals surface area contributed by atoms with Crippen LogP contribution in [0.3, 0.4) is 0 Å². The summed E-state index contributed by atoms with van der Waals surface area (Å²) in [5, 5.41) is 13.5. The Morgan fingerprint density at radius 2 is 1.76 bits per heavy atom. The molecule has 4 fully saturated rings. The number of pyridine rings is 1. The van der Waals surface area contributed by atoms with E-state index in [-0.39, 0.29) is 54.7 Å². The van der Waals surface area contributed by atoms with Gasteiger partial charge < -0.3 is 16.2 Å². The number of nitrogens with one attached hydrogen (secondary N) is 1. The number of aromatic nitrogens is 1. The molecule has 188 valence electrons. The number of carbonyl (C=O) groups excluding carboxylic acids is 1. The molecule has 1 aromatic carbocycles. The Balaban J connectivity index is 0.00000162. The minimum absolute atomic E-state index is 0. The lowest BCUT2D eigenvalue weighted by Crippen LogP contribution is -2.51. The molecule has 6 rings (SSSR count). The van der Waals surface area contributed by atoms with Crippen LogP contribution in [0.15, 0.2) is 30.3 Å². The van der Waals surface area contributed by atoms with Crippen molar-refractivity contribution in [3.05, 3.63) is 41.6 Å². The molecule has 4 saturated carbocycles. The van der Waals surface area contributed by atoms with Crippen molar-refractivity contribution in [2.45, 2.75) is 70.3 Å². The molecule has 0 aliphatic heterocycles. The van der Waals surface area contributed by atoms with Gasteiger partial charge in [-0.05, 0) is 106 Å². The number of hydrogen-bond donors (Lipinski definition) is 3. The Bertz CT molecular complexity index is 964. The summed E-state index contributed by atoms with van der Waals surface area (Å²) in [7, 11) is 0. The van der Waals surface area contributed by atoms with Crippen LogP contribution in [0.25, 0.3) is 10.9 Å². The predicted octanol–water partition coefficient (Wildman–Crippen LogP) is 4.77. The van der Waals surface area contributed by atoms with Crippen molar-refractivity contribution >= 4 is 41.6 Å². The fraction of sp³-hybridized carbons (Fsp3) is 0.630. The van der Waals surface area contributed by atoms with Crippen LogP contribution >= 0.6 is 24.8 Å². The van der Waals surface area contributed by atoms with Crippen molar-refractivity contribution in [1.29, 1.82) is 0 Å². The minimum atomic E-state index is -0.212. The van der Waals surface area contributed by atoms with Gasteiger partial charge in [-0.25, -0.2) is 0 Å². The highest BCUT2D eigenvalue weighted by Gasteiger charge is 2.56. The zero-order chi connectivity index (χ0) is 22.3. The molecule has 1 heterocycles. The number of aliphatic hydroxyl groups is 1. The van der Waals surface area contributed by atoms with Crippen LogP contribution in [-0.2, 0) is 11.2 Å². The van der Waals surface area contributed by atoms with Crippen LogP contribution in [0, 0.1) is 23.2 Å². The molecule has 4 aliphatic rings. The first-order chi connectivity index (χ1) is 15.5. The number of halogens is 2. The number of nitrogens with two attached hydrogens (primary N) is 1. The largest absolute Gasteiger partial charge is 0.395 e. The van der Waals surface area contributed by atoms with Gasteiger partial charge in [0.15, 0.2) is 0 Å². The second-order valence-corrected chi connectivity index (χ2v) is 11.0. The summed E-state index contributed by atoms with van der Waals surface area (Å²) in [6.07, 6.45) is 9.42. The molecule has 2 atom stereocenters. The summed E-state index contributed by atoms with van der Waals surface area (Å²) < 4.78 is 0. The summed E-state index contributed by atoms with van der Waals surface area (Å²) in [5.41, 5.74) is 9.31. The third-order valence-electron chi connectivity index (χ3n) is 8.49. The second kappa shape index (κ2) is 11.1. The van der Waals surface area contributed by atoms with E-state index in [0.717, 1.165) is 78.6 Å². The minimum Gasteiger partial charge on any atom is -0.395 e. The second-order valence-electron chi connectivity index (χ2n) is 11.0. The van der Waals surface area contributed by atoms with Crippen LogP contribution in [0.2, 0.25) is 0 Å². The van der Waals surface area contributed by atoms with Crippen molar-refractivity contribution in [1.82, 2.24) is 10.3 Å². The summed E-state index contributed by atoms with van der Waals surface area (Å²) in [6, 6.07) is 10.6. The maximum atomic E-state index is 13.0. The molecule has 0 saturated heterocycles. The van der Waals surface area contributed by atoms with Gasteiger partial charge in [0.25, 0.3) is 0 Å². The van der Waals surface area contributed by atoms with Crippen LogP contribution in [0.1, 0.15) is 69.0 Å². The Hall–Kier alpha value is -1.40. The van der Waals surface area contributed by atoms with Crippen LogP contribution in [0.5, 0.6) is 0 Å². The summed E-state index contributed by atoms with van der Waals surface area (Å²) in [5.74, 6) is 1.98. The average molecular weight is 509 g/mol. The van der Waals surface area contributed by atoms with Gasteiger partial charge >= 0.3 is 0 Å². The van der Waals surface area contributed by atoms with Crippen molar-refractivity contribution in [2.24, 2.45) is 28.9 Å². The fourth-order valence-electron chi connectivity index (χ4n) is 7.61. The van der Waals surface area contributed by atoms with Crippen LogP contribution in [-0.4, -0.2) is 35.2 Å². The van der Waals surface area contributed by atoms with E-state index in [1.807, 2.05) is 6.92 Å². The molecule has 0 spiro atoms. The first-order valence-corrected chi connectivity index (χ1v) is 12.5. The standard InChI is InChI=1S/C27H37N3O2.2ClH/c1-17(16-31)29-9-3-4-21-7-8-22-23(5-2-6-24(22)30-21)25(26(28)32)27-13-18-10-19(14-27)12-20(11-18)15-27;;/h2,5-8,17-20,25,29,31H,3-4,9-16H2,1H3,(H2,28,32);2*1H/t17-,18?,19?,20?,25?,27?;;/m1../s1. The van der Waals surface area contributed by atoms with E-state index in [9.17, 15) is 4.79 Å². The molecule has 4 aliphatic carbocycles. The number of nitrogens with zero attached hydrogens (tertiary/aromatic N) is 1. The third kappa shape index (κ3) is 5.23. The topological polar surface area (TPSA) is 88.2 Å². The quantitative estimate of drug-likeness (QED) is 0.426. The number of carbonyl (C=O) groups is 1. The van der Waals surface area contributed by atoms with E-state index < -0.39 is 0 Å². The molecule has 1 unspecified atom stereocenters. The molecule has 2 aromatic rings. The van der Waals surface area contributed by atoms with E-state index in [1.165, 1.54) is 19.3 Å². The lowest BCUT2D eigenvalue weighted by atomic mass is 9.45. The number of fused-ring (bicyclic) bond motifs is 1. The first kappa shape index (κ1) is 27.2. The van der Waals surface area contributed by atoms with Crippen LogP contribution < -0.4 is 11.1 Å². The fourth-order valence-corrected chi connectivity index (χ4v) is 7.61. The monoisotopic (exact) mass is 507 g/mol. The summed E-state index contributed by atoms with van der Waals surface area (Å²) in [6.45, 7) is 2.99. The predicted molar refractivity (Wildman–Crippen MR) is 142 cm³/mol. The number of primary amides is 1. The average Bonchev–Trinajstić information content (AvgIpc) is 2.75. The Labute approximate surface area is 215 Å². The molecule has 0 radical (unpaired) electrons. The molecular formula is C27H39Cl2N3O2. The van der Waals surface area contributed by atoms with Gasteiger partial charge in [-0.1, -0.05) is 18.2 Å². The lowest BCUT2D eigenvalue weighted by molar-refractivity contribution is -0.130. The Kier molecular flexibility index (Phi) is 8.89. The van der Waals surface area contributed by atoms with E-state index >= 15 is 0 Å². The SMILES string of the molecule is C[C@H](CO)NCCCc1ccc2c(C(C(N)=O)C34CC5CC(CC(C5)C3)C4)cccc2n1.Cl.Cl. The first-order valence-electron chi connectivity index (χ1n) is 12.5. The number of rotatable bonds is 9. The van der Waals surface area contributed by atoms with Crippen molar-refractivity contribution in [3.8, 4) is 0 Å². The summed E-state index contributed by atoms with van der Waals surface area (Å²) >= 11 is 0. The molecule has 1 amide bonds. The van der Waals surface area contributed by atoms with E-state index in [1.54, 1.807) is 0 Å². The highest BCUT2D eigenvalue weighted by Crippen LogP contribution is 2.64. The van der Waals surface area contributed by atoms with Gasteiger partial charge in [-0.15, -0.1) is 24.8 Å². The van der Waals surface area contributed by atoms with Gasteiger partial charge in [0.1, 0.15) is 0 Å². The lowest BCUT2D eigenvalue weighted by Gasteiger charge is -2.59. The Morgan fingerprint density at radius 3 is 2.35 bits per heavy atom. The highest BCUT2D eigenvalue weighted by atomic mass is 35.5. The zero-order valence-corrected chi connectivity index (χ0v) is 21.7. The highest BCUT2D eigenvalue weighted by molar-refractivity contribution is 5.91. The van der Waals surface area contributed by atoms with Gasteiger partial charge in [-0.3, -0.25) is 9.78 Å². The van der Waals surface area contributed by atoms with E-state index in [2.05, 4.69) is 35.6 Å². The molecule has 5 nitrogen and oxygen atoms in total. The van der Waals surface area contributed by atoms with Crippen molar-refractivity contribution in [2.75, 3.05) is 13.2 Å². The van der Waals surface area contributed by atoms with Crippen molar-refractivity contribution < 1.29 is 9.90 Å². The number of benzene rings is 1. The van der Waals surface area contributed by atoms with Crippen LogP contribution in [0.4, 0.5) is 0 Å². The molecule has 1 aromatic heterocycles. The van der Waals surface area contributed by atoms with E-state index in [0.29, 0.717) is 0 Å². The number of hydrogen-bond acceptors (Lipinski definition) is 4. The van der Waals surface area contributed by atoms with E-state index in [4.69, 9.17) is 15.8 Å². The van der Waals surface area contributed by atoms with Gasteiger partial charge in [-0.2, -0.15) is 0 Å². The number of aryl methyl sites for hydroxylation is 1. The van der Waals surface area contributed by atoms with Crippen molar-refractivity contribution in [3.63, 3.8) is 0 Å². The third-order valence-corrected chi connectivity index (χ3v) is 8.49. The molecule has 7 heteroatoms. The maximum Gasteiger partial charge on any atom is 0.225 e. The molecular weight excluding hydrogens is 469 g/mol. The van der Waals surface area contributed by atoms with Gasteiger partial charge in [0, 0.05) is 17.1 Å². The van der Waals surface area contributed by atoms with Gasteiger partial charge in [0.2, 0.25) is 5.91 Å². The normalized spacial score (nSPS) is 28.7. The molecule has 4 N–H and O–H groups in total. The number of amides is 1. The Morgan fingerprint density at radius 1 is 1.12 bits per heavy atom. The molecule has 4 bridgehead atoms. The number of aliphatic hydroxyl groups excluding tert-OH is 1. The zero-order valence-electron chi connectivity index (χ0n) is 20.0. The smallest absolute Gasteiger partial charge is 0.225 e. The molecule has 34 heavy (non-hydrogen) atoms. The van der Waals surface area contributed by atoms with Gasteiger partial charge in [0.05, 0.1) is 18.0 Å². The maximum absolute atomic E-state index is 13.0.